The van der Waals surface area contributed by atoms with E-state index < -0.39 is 23.5 Å². The zero-order chi connectivity index (χ0) is 22.7. The highest BCUT2D eigenvalue weighted by Crippen LogP contribution is 2.39. The topological polar surface area (TPSA) is 54.0 Å². The van der Waals surface area contributed by atoms with Gasteiger partial charge < -0.3 is 10.6 Å². The second-order valence-electron chi connectivity index (χ2n) is 7.71. The average molecular weight is 480 g/mol. The van der Waals surface area contributed by atoms with Crippen molar-refractivity contribution in [3.63, 3.8) is 0 Å². The summed E-state index contributed by atoms with van der Waals surface area (Å²) in [6.07, 6.45) is 3.41. The van der Waals surface area contributed by atoms with Crippen LogP contribution in [0.1, 0.15) is 48.6 Å². The van der Waals surface area contributed by atoms with Crippen LogP contribution in [0.25, 0.3) is 10.4 Å². The van der Waals surface area contributed by atoms with Crippen molar-refractivity contribution in [3.8, 4) is 10.4 Å². The van der Waals surface area contributed by atoms with Crippen molar-refractivity contribution in [3.05, 3.63) is 64.3 Å². The molecule has 1 aliphatic carbocycles. The molecule has 168 valence electrons. The molecule has 0 saturated heterocycles. The van der Waals surface area contributed by atoms with Gasteiger partial charge >= 0.3 is 12.2 Å². The maximum absolute atomic E-state index is 13.2. The van der Waals surface area contributed by atoms with E-state index in [1.807, 2.05) is 18.3 Å². The number of thiazole rings is 1. The van der Waals surface area contributed by atoms with Crippen molar-refractivity contribution >= 4 is 40.3 Å². The Morgan fingerprint density at radius 2 is 1.75 bits per heavy atom. The fraction of sp³-hybridized carbons (Fsp3) is 0.304. The van der Waals surface area contributed by atoms with Crippen LogP contribution in [-0.2, 0) is 6.18 Å². The SMILES string of the molecule is O=C(Nc1ccc(-c2cnc(C3CCCCC3)s2)cc1)Nc1c(Cl)cccc1C(F)(F)F. The molecule has 0 aliphatic heterocycles. The lowest BCUT2D eigenvalue weighted by Gasteiger charge is -2.18. The largest absolute Gasteiger partial charge is 0.418 e. The smallest absolute Gasteiger partial charge is 0.308 e. The summed E-state index contributed by atoms with van der Waals surface area (Å²) in [5, 5.41) is 5.73. The summed E-state index contributed by atoms with van der Waals surface area (Å²) >= 11 is 7.57. The van der Waals surface area contributed by atoms with E-state index in [-0.39, 0.29) is 5.02 Å². The van der Waals surface area contributed by atoms with Crippen molar-refractivity contribution < 1.29 is 18.0 Å². The van der Waals surface area contributed by atoms with Crippen LogP contribution in [0.2, 0.25) is 5.02 Å². The number of anilines is 2. The summed E-state index contributed by atoms with van der Waals surface area (Å²) in [6.45, 7) is 0. The van der Waals surface area contributed by atoms with Gasteiger partial charge in [-0.05, 0) is 42.7 Å². The number of carbonyl (C=O) groups is 1. The number of aromatic nitrogens is 1. The number of hydrogen-bond acceptors (Lipinski definition) is 3. The lowest BCUT2D eigenvalue weighted by atomic mass is 9.90. The van der Waals surface area contributed by atoms with Crippen LogP contribution in [0.3, 0.4) is 0 Å². The van der Waals surface area contributed by atoms with E-state index in [9.17, 15) is 18.0 Å². The number of hydrogen-bond donors (Lipinski definition) is 2. The normalized spacial score (nSPS) is 14.9. The van der Waals surface area contributed by atoms with Crippen molar-refractivity contribution in [2.75, 3.05) is 10.6 Å². The lowest BCUT2D eigenvalue weighted by Crippen LogP contribution is -2.22. The first-order valence-electron chi connectivity index (χ1n) is 10.3. The van der Waals surface area contributed by atoms with Crippen LogP contribution >= 0.6 is 22.9 Å². The third kappa shape index (κ3) is 5.24. The second kappa shape index (κ2) is 9.50. The van der Waals surface area contributed by atoms with E-state index in [0.29, 0.717) is 11.6 Å². The number of rotatable bonds is 4. The Hall–Kier alpha value is -2.58. The molecule has 2 amide bonds. The Morgan fingerprint density at radius 3 is 2.44 bits per heavy atom. The number of nitrogens with one attached hydrogen (secondary N) is 2. The van der Waals surface area contributed by atoms with Crippen molar-refractivity contribution in [1.82, 2.24) is 4.98 Å². The lowest BCUT2D eigenvalue weighted by molar-refractivity contribution is -0.136. The molecule has 32 heavy (non-hydrogen) atoms. The van der Waals surface area contributed by atoms with E-state index in [2.05, 4.69) is 15.6 Å². The van der Waals surface area contributed by atoms with Crippen LogP contribution < -0.4 is 10.6 Å². The first kappa shape index (κ1) is 22.6. The maximum Gasteiger partial charge on any atom is 0.418 e. The van der Waals surface area contributed by atoms with Gasteiger partial charge in [-0.15, -0.1) is 11.3 Å². The summed E-state index contributed by atoms with van der Waals surface area (Å²) in [4.78, 5) is 17.9. The predicted molar refractivity (Wildman–Crippen MR) is 122 cm³/mol. The van der Waals surface area contributed by atoms with Gasteiger partial charge in [0.05, 0.1) is 26.2 Å². The van der Waals surface area contributed by atoms with Gasteiger partial charge in [-0.25, -0.2) is 9.78 Å². The van der Waals surface area contributed by atoms with E-state index in [1.165, 1.54) is 49.2 Å². The second-order valence-corrected chi connectivity index (χ2v) is 9.18. The molecule has 1 aliphatic rings. The van der Waals surface area contributed by atoms with E-state index in [0.717, 1.165) is 16.5 Å². The fourth-order valence-electron chi connectivity index (χ4n) is 3.84. The molecule has 0 radical (unpaired) electrons. The molecule has 9 heteroatoms. The number of alkyl halides is 3. The first-order valence-corrected chi connectivity index (χ1v) is 11.5. The van der Waals surface area contributed by atoms with Gasteiger partial charge in [0.2, 0.25) is 0 Å². The molecule has 3 aromatic rings. The highest BCUT2D eigenvalue weighted by Gasteiger charge is 2.34. The Labute approximate surface area is 192 Å². The predicted octanol–water partition coefficient (Wildman–Crippen LogP) is 8.17. The molecule has 2 N–H and O–H groups in total. The summed E-state index contributed by atoms with van der Waals surface area (Å²) in [6, 6.07) is 9.64. The van der Waals surface area contributed by atoms with Crippen LogP contribution in [-0.4, -0.2) is 11.0 Å². The summed E-state index contributed by atoms with van der Waals surface area (Å²) in [5.41, 5.74) is -0.0602. The van der Waals surface area contributed by atoms with E-state index in [1.54, 1.807) is 23.5 Å². The Kier molecular flexibility index (Phi) is 6.71. The number of urea groups is 1. The molecule has 0 bridgehead atoms. The minimum absolute atomic E-state index is 0.190. The van der Waals surface area contributed by atoms with Gasteiger partial charge in [0.1, 0.15) is 0 Å². The number of amides is 2. The average Bonchev–Trinajstić information content (AvgIpc) is 3.26. The number of benzene rings is 2. The minimum Gasteiger partial charge on any atom is -0.308 e. The van der Waals surface area contributed by atoms with Crippen molar-refractivity contribution in [1.29, 1.82) is 0 Å². The van der Waals surface area contributed by atoms with Crippen LogP contribution in [0, 0.1) is 0 Å². The molecule has 4 rings (SSSR count). The zero-order valence-electron chi connectivity index (χ0n) is 17.0. The third-order valence-corrected chi connectivity index (χ3v) is 6.99. The van der Waals surface area contributed by atoms with Crippen LogP contribution in [0.15, 0.2) is 48.7 Å². The van der Waals surface area contributed by atoms with E-state index >= 15 is 0 Å². The molecule has 1 heterocycles. The summed E-state index contributed by atoms with van der Waals surface area (Å²) < 4.78 is 39.6. The molecular weight excluding hydrogens is 459 g/mol. The van der Waals surface area contributed by atoms with E-state index in [4.69, 9.17) is 11.6 Å². The minimum atomic E-state index is -4.64. The van der Waals surface area contributed by atoms with Crippen molar-refractivity contribution in [2.24, 2.45) is 0 Å². The van der Waals surface area contributed by atoms with Gasteiger partial charge in [0, 0.05) is 17.8 Å². The van der Waals surface area contributed by atoms with Crippen LogP contribution in [0.5, 0.6) is 0 Å². The standard InChI is InChI=1S/C23H21ClF3N3OS/c24-18-8-4-7-17(23(25,26)27)20(18)30-22(31)29-16-11-9-14(10-12-16)19-13-28-21(32-19)15-5-2-1-3-6-15/h4,7-13,15H,1-3,5-6H2,(H2,29,30,31). The van der Waals surface area contributed by atoms with Gasteiger partial charge in [-0.2, -0.15) is 13.2 Å². The highest BCUT2D eigenvalue weighted by molar-refractivity contribution is 7.15. The molecule has 1 saturated carbocycles. The third-order valence-electron chi connectivity index (χ3n) is 5.46. The monoisotopic (exact) mass is 479 g/mol. The molecule has 4 nitrogen and oxygen atoms in total. The quantitative estimate of drug-likeness (QED) is 0.396. The van der Waals surface area contributed by atoms with Gasteiger partial charge in [-0.1, -0.05) is 49.1 Å². The van der Waals surface area contributed by atoms with Gasteiger partial charge in [0.15, 0.2) is 0 Å². The highest BCUT2D eigenvalue weighted by atomic mass is 35.5. The summed E-state index contributed by atoms with van der Waals surface area (Å²) in [7, 11) is 0. The number of halogens is 4. The number of nitrogens with zero attached hydrogens (tertiary/aromatic N) is 1. The molecule has 0 atom stereocenters. The van der Waals surface area contributed by atoms with Gasteiger partial charge in [0.25, 0.3) is 0 Å². The molecule has 1 fully saturated rings. The molecule has 2 aromatic carbocycles. The summed E-state index contributed by atoms with van der Waals surface area (Å²) in [5.74, 6) is 0.540. The molecular formula is C23H21ClF3N3OS. The Bertz CT molecular complexity index is 1090. The number of para-hydroxylation sites is 1. The molecule has 1 aromatic heterocycles. The Balaban J connectivity index is 1.43. The molecule has 0 unspecified atom stereocenters. The van der Waals surface area contributed by atoms with Crippen molar-refractivity contribution in [2.45, 2.75) is 44.2 Å². The maximum atomic E-state index is 13.2. The van der Waals surface area contributed by atoms with Crippen LogP contribution in [0.4, 0.5) is 29.3 Å². The fourth-order valence-corrected chi connectivity index (χ4v) is 5.15. The molecule has 0 spiro atoms. The zero-order valence-corrected chi connectivity index (χ0v) is 18.6. The number of carbonyl (C=O) groups excluding carboxylic acids is 1. The Morgan fingerprint density at radius 1 is 1.03 bits per heavy atom. The first-order chi connectivity index (χ1) is 15.3. The van der Waals surface area contributed by atoms with Gasteiger partial charge in [-0.3, -0.25) is 0 Å².